The van der Waals surface area contributed by atoms with E-state index in [1.807, 2.05) is 88.0 Å². The summed E-state index contributed by atoms with van der Waals surface area (Å²) in [7, 11) is 0. The van der Waals surface area contributed by atoms with Crippen molar-refractivity contribution in [2.75, 3.05) is 13.4 Å². The maximum absolute atomic E-state index is 13.9. The fourth-order valence-electron chi connectivity index (χ4n) is 5.60. The molecule has 0 radical (unpaired) electrons. The molecule has 1 amide bonds. The molecule has 6 heteroatoms. The predicted molar refractivity (Wildman–Crippen MR) is 150 cm³/mol. The van der Waals surface area contributed by atoms with Crippen LogP contribution < -0.4 is 0 Å². The maximum atomic E-state index is 13.9. The molecular weight excluding hydrogens is 478 g/mol. The van der Waals surface area contributed by atoms with Crippen LogP contribution in [0.4, 0.5) is 0 Å². The third kappa shape index (κ3) is 7.52. The third-order valence-electron chi connectivity index (χ3n) is 8.04. The van der Waals surface area contributed by atoms with E-state index in [9.17, 15) is 14.7 Å². The van der Waals surface area contributed by atoms with Crippen LogP contribution in [0, 0.1) is 30.6 Å². The lowest BCUT2D eigenvalue weighted by atomic mass is 9.76. The second kappa shape index (κ2) is 14.0. The lowest BCUT2D eigenvalue weighted by molar-refractivity contribution is -0.153. The Morgan fingerprint density at radius 3 is 2.45 bits per heavy atom. The van der Waals surface area contributed by atoms with Gasteiger partial charge in [0, 0.05) is 30.6 Å². The van der Waals surface area contributed by atoms with Gasteiger partial charge in [0.15, 0.2) is 5.78 Å². The van der Waals surface area contributed by atoms with Gasteiger partial charge in [0.1, 0.15) is 6.79 Å². The number of aliphatic hydroxyl groups excluding tert-OH is 2. The van der Waals surface area contributed by atoms with Crippen molar-refractivity contribution in [2.24, 2.45) is 23.7 Å². The number of aliphatic hydroxyl groups is 2. The number of nitrogens with zero attached hydrogens (tertiary/aromatic N) is 1. The molecule has 2 N–H and O–H groups in total. The Hall–Kier alpha value is -2.54. The Kier molecular flexibility index (Phi) is 11.1. The zero-order valence-corrected chi connectivity index (χ0v) is 23.6. The summed E-state index contributed by atoms with van der Waals surface area (Å²) >= 11 is 0. The Labute approximate surface area is 228 Å². The van der Waals surface area contributed by atoms with Gasteiger partial charge in [-0.3, -0.25) is 9.59 Å². The zero-order valence-electron chi connectivity index (χ0n) is 23.6. The molecule has 1 heterocycles. The number of hydrogen-bond acceptors (Lipinski definition) is 5. The monoisotopic (exact) mass is 523 g/mol. The molecule has 1 fully saturated rings. The third-order valence-corrected chi connectivity index (χ3v) is 8.04. The van der Waals surface area contributed by atoms with Crippen LogP contribution in [0.25, 0.3) is 0 Å². The summed E-state index contributed by atoms with van der Waals surface area (Å²) in [6, 6.07) is 15.3. The number of rotatable bonds is 13. The van der Waals surface area contributed by atoms with Crippen LogP contribution in [-0.2, 0) is 22.5 Å². The Bertz CT molecular complexity index is 1050. The number of amides is 1. The molecule has 2 aromatic carbocycles. The van der Waals surface area contributed by atoms with Crippen LogP contribution in [0.5, 0.6) is 0 Å². The van der Waals surface area contributed by atoms with Gasteiger partial charge in [0.25, 0.3) is 0 Å². The maximum Gasteiger partial charge on any atom is 0.226 e. The molecule has 6 nitrogen and oxygen atoms in total. The average Bonchev–Trinajstić information content (AvgIpc) is 2.89. The summed E-state index contributed by atoms with van der Waals surface area (Å²) in [6.07, 6.45) is 1.69. The van der Waals surface area contributed by atoms with Crippen LogP contribution in [0.15, 0.2) is 48.5 Å². The lowest BCUT2D eigenvalue weighted by Gasteiger charge is -2.45. The van der Waals surface area contributed by atoms with Gasteiger partial charge in [0.05, 0.1) is 12.1 Å². The molecule has 4 atom stereocenters. The van der Waals surface area contributed by atoms with E-state index in [0.29, 0.717) is 31.6 Å². The van der Waals surface area contributed by atoms with Gasteiger partial charge in [-0.2, -0.15) is 0 Å². The highest BCUT2D eigenvalue weighted by atomic mass is 16.6. The van der Waals surface area contributed by atoms with Crippen molar-refractivity contribution in [2.45, 2.75) is 79.0 Å². The van der Waals surface area contributed by atoms with E-state index in [2.05, 4.69) is 0 Å². The van der Waals surface area contributed by atoms with E-state index in [1.54, 1.807) is 0 Å². The number of hydrogen-bond donors (Lipinski definition) is 2. The first-order valence-electron chi connectivity index (χ1n) is 14.0. The smallest absolute Gasteiger partial charge is 0.226 e. The summed E-state index contributed by atoms with van der Waals surface area (Å²) in [6.45, 7) is 10.8. The molecule has 1 aliphatic heterocycles. The zero-order chi connectivity index (χ0) is 27.8. The number of benzene rings is 2. The molecule has 1 aliphatic rings. The van der Waals surface area contributed by atoms with E-state index in [-0.39, 0.29) is 42.2 Å². The number of ether oxygens (including phenoxy) is 1. The minimum absolute atomic E-state index is 0.0499. The lowest BCUT2D eigenvalue weighted by Crippen LogP contribution is -2.56. The number of aryl methyl sites for hydroxylation is 2. The fourth-order valence-corrected chi connectivity index (χ4v) is 5.60. The topological polar surface area (TPSA) is 87.1 Å². The van der Waals surface area contributed by atoms with Crippen molar-refractivity contribution in [3.8, 4) is 0 Å². The number of carbonyl (C=O) groups is 2. The van der Waals surface area contributed by atoms with Gasteiger partial charge < -0.3 is 19.8 Å². The van der Waals surface area contributed by atoms with Crippen molar-refractivity contribution in [3.63, 3.8) is 0 Å². The van der Waals surface area contributed by atoms with Gasteiger partial charge in [-0.25, -0.2) is 0 Å². The molecule has 3 rings (SSSR count). The van der Waals surface area contributed by atoms with E-state index in [4.69, 9.17) is 9.84 Å². The molecule has 1 saturated heterocycles. The second-order valence-corrected chi connectivity index (χ2v) is 11.4. The summed E-state index contributed by atoms with van der Waals surface area (Å²) in [5, 5.41) is 20.2. The predicted octanol–water partition coefficient (Wildman–Crippen LogP) is 5.17. The van der Waals surface area contributed by atoms with Crippen molar-refractivity contribution in [1.29, 1.82) is 0 Å². The molecule has 0 aromatic heterocycles. The molecule has 0 unspecified atom stereocenters. The number of ketones is 1. The van der Waals surface area contributed by atoms with E-state index < -0.39 is 12.1 Å². The summed E-state index contributed by atoms with van der Waals surface area (Å²) in [4.78, 5) is 29.4. The molecule has 0 saturated carbocycles. The SMILES string of the molecule is Cc1ccc(C(=O)[C@@H](C[C@H]2[C@@H](O)C[C@@H](C(C)C)C(=O)N2Cc2ccccc2)C(C)C)cc1CCCOCO. The Morgan fingerprint density at radius 2 is 1.82 bits per heavy atom. The highest BCUT2D eigenvalue weighted by Gasteiger charge is 2.44. The van der Waals surface area contributed by atoms with E-state index >= 15 is 0 Å². The van der Waals surface area contributed by atoms with Gasteiger partial charge >= 0.3 is 0 Å². The Balaban J connectivity index is 1.86. The first-order valence-corrected chi connectivity index (χ1v) is 14.0. The number of likely N-dealkylation sites (tertiary alicyclic amines) is 1. The highest BCUT2D eigenvalue weighted by molar-refractivity contribution is 5.98. The molecule has 0 aliphatic carbocycles. The van der Waals surface area contributed by atoms with E-state index in [1.165, 1.54) is 0 Å². The molecule has 0 bridgehead atoms. The second-order valence-electron chi connectivity index (χ2n) is 11.4. The van der Waals surface area contributed by atoms with Gasteiger partial charge in [-0.05, 0) is 67.2 Å². The summed E-state index contributed by atoms with van der Waals surface area (Å²) in [5.74, 6) is -0.256. The number of piperidine rings is 1. The van der Waals surface area contributed by atoms with Crippen LogP contribution in [0.1, 0.15) is 74.0 Å². The van der Waals surface area contributed by atoms with Crippen LogP contribution in [-0.4, -0.2) is 52.3 Å². The largest absolute Gasteiger partial charge is 0.391 e. The Morgan fingerprint density at radius 1 is 1.11 bits per heavy atom. The van der Waals surface area contributed by atoms with Gasteiger partial charge in [-0.1, -0.05) is 70.2 Å². The van der Waals surface area contributed by atoms with Crippen molar-refractivity contribution >= 4 is 11.7 Å². The van der Waals surface area contributed by atoms with Crippen LogP contribution in [0.2, 0.25) is 0 Å². The molecule has 0 spiro atoms. The first-order chi connectivity index (χ1) is 18.1. The minimum Gasteiger partial charge on any atom is -0.391 e. The van der Waals surface area contributed by atoms with Crippen LogP contribution >= 0.6 is 0 Å². The number of Topliss-reactive ketones (excluding diaryl/α,β-unsaturated/α-hetero) is 1. The van der Waals surface area contributed by atoms with E-state index in [0.717, 1.165) is 29.5 Å². The summed E-state index contributed by atoms with van der Waals surface area (Å²) in [5.41, 5.74) is 3.90. The van der Waals surface area contributed by atoms with Crippen molar-refractivity contribution in [3.05, 3.63) is 70.8 Å². The number of carbonyl (C=O) groups excluding carboxylic acids is 2. The van der Waals surface area contributed by atoms with Gasteiger partial charge in [-0.15, -0.1) is 0 Å². The van der Waals surface area contributed by atoms with Gasteiger partial charge in [0.2, 0.25) is 5.91 Å². The molecule has 2 aromatic rings. The van der Waals surface area contributed by atoms with Crippen molar-refractivity contribution in [1.82, 2.24) is 4.90 Å². The van der Waals surface area contributed by atoms with Crippen molar-refractivity contribution < 1.29 is 24.5 Å². The normalized spacial score (nSPS) is 20.8. The fraction of sp³-hybridized carbons (Fsp3) is 0.562. The highest BCUT2D eigenvalue weighted by Crippen LogP contribution is 2.35. The standard InChI is InChI=1S/C32H45NO5/c1-21(2)27(31(36)26-14-13-23(5)25(16-26)12-9-15-38-20-34)17-29-30(35)18-28(22(3)4)32(37)33(29)19-24-10-7-6-8-11-24/h6-8,10-11,13-14,16,21-22,27-30,34-35H,9,12,15,17-20H2,1-5H3/t27-,28-,29-,30-/m0/s1. The summed E-state index contributed by atoms with van der Waals surface area (Å²) < 4.78 is 5.05. The quantitative estimate of drug-likeness (QED) is 0.215. The molecule has 38 heavy (non-hydrogen) atoms. The minimum atomic E-state index is -0.682. The first kappa shape index (κ1) is 30.0. The van der Waals surface area contributed by atoms with Crippen LogP contribution in [0.3, 0.4) is 0 Å². The molecular formula is C32H45NO5. The average molecular weight is 524 g/mol. The molecule has 208 valence electrons.